The summed E-state index contributed by atoms with van der Waals surface area (Å²) in [7, 11) is 0. The molecule has 0 aliphatic heterocycles. The topological polar surface area (TPSA) is 30.9 Å². The third-order valence-corrected chi connectivity index (χ3v) is 3.95. The molecule has 3 aromatic rings. The summed E-state index contributed by atoms with van der Waals surface area (Å²) in [6.45, 7) is 1.64. The Balaban J connectivity index is 2.05. The van der Waals surface area contributed by atoms with Crippen molar-refractivity contribution in [2.24, 2.45) is 5.73 Å². The van der Waals surface area contributed by atoms with Crippen LogP contribution in [0.4, 0.5) is 0 Å². The molecule has 0 radical (unpaired) electrons. The quantitative estimate of drug-likeness (QED) is 0.763. The van der Waals surface area contributed by atoms with E-state index in [2.05, 4.69) is 51.9 Å². The van der Waals surface area contributed by atoms with Crippen LogP contribution in [0, 0.1) is 0 Å². The largest absolute Gasteiger partial charge is 0.343 e. The molecule has 0 aliphatic rings. The van der Waals surface area contributed by atoms with E-state index in [-0.39, 0.29) is 0 Å². The summed E-state index contributed by atoms with van der Waals surface area (Å²) in [6.07, 6.45) is 3.19. The molecular formula is C15H16N2S. The lowest BCUT2D eigenvalue weighted by Gasteiger charge is -2.02. The van der Waals surface area contributed by atoms with Crippen LogP contribution in [-0.4, -0.2) is 11.1 Å². The number of hydrogen-bond donors (Lipinski definition) is 1. The SMILES string of the molecule is NCCc1cn(Cc2ccsc2)c2ccccc12. The molecule has 2 heterocycles. The first kappa shape index (κ1) is 11.5. The van der Waals surface area contributed by atoms with Crippen molar-refractivity contribution >= 4 is 22.2 Å². The molecule has 0 fully saturated rings. The van der Waals surface area contributed by atoms with Gasteiger partial charge in [-0.25, -0.2) is 0 Å². The molecule has 3 rings (SSSR count). The molecule has 18 heavy (non-hydrogen) atoms. The van der Waals surface area contributed by atoms with Crippen molar-refractivity contribution in [3.63, 3.8) is 0 Å². The molecule has 2 nitrogen and oxygen atoms in total. The van der Waals surface area contributed by atoms with Crippen LogP contribution in [0.15, 0.2) is 47.3 Å². The van der Waals surface area contributed by atoms with E-state index in [1.54, 1.807) is 11.3 Å². The smallest absolute Gasteiger partial charge is 0.0486 e. The molecule has 0 amide bonds. The molecule has 2 aromatic heterocycles. The summed E-state index contributed by atoms with van der Waals surface area (Å²) in [6, 6.07) is 10.7. The van der Waals surface area contributed by atoms with Gasteiger partial charge in [0.15, 0.2) is 0 Å². The molecule has 0 unspecified atom stereocenters. The second-order valence-corrected chi connectivity index (χ2v) is 5.25. The zero-order valence-corrected chi connectivity index (χ0v) is 11.0. The van der Waals surface area contributed by atoms with Gasteiger partial charge in [-0.15, -0.1) is 0 Å². The summed E-state index contributed by atoms with van der Waals surface area (Å²) in [5, 5.41) is 5.66. The van der Waals surface area contributed by atoms with Crippen LogP contribution in [0.5, 0.6) is 0 Å². The van der Waals surface area contributed by atoms with E-state index in [1.807, 2.05) is 0 Å². The maximum Gasteiger partial charge on any atom is 0.0486 e. The molecule has 0 bridgehead atoms. The van der Waals surface area contributed by atoms with Crippen LogP contribution >= 0.6 is 11.3 Å². The van der Waals surface area contributed by atoms with Gasteiger partial charge >= 0.3 is 0 Å². The van der Waals surface area contributed by atoms with Crippen molar-refractivity contribution < 1.29 is 0 Å². The molecule has 1 aromatic carbocycles. The average Bonchev–Trinajstić information content (AvgIpc) is 3.00. The van der Waals surface area contributed by atoms with Gasteiger partial charge < -0.3 is 10.3 Å². The van der Waals surface area contributed by atoms with Gasteiger partial charge in [0.2, 0.25) is 0 Å². The minimum absolute atomic E-state index is 0.701. The van der Waals surface area contributed by atoms with Gasteiger partial charge in [-0.2, -0.15) is 11.3 Å². The number of nitrogens with two attached hydrogens (primary N) is 1. The molecule has 0 saturated heterocycles. The van der Waals surface area contributed by atoms with E-state index in [0.29, 0.717) is 6.54 Å². The van der Waals surface area contributed by atoms with Crippen molar-refractivity contribution in [1.82, 2.24) is 4.57 Å². The Bertz CT molecular complexity index is 638. The normalized spacial score (nSPS) is 11.2. The summed E-state index contributed by atoms with van der Waals surface area (Å²) in [5.74, 6) is 0. The molecule has 0 saturated carbocycles. The molecular weight excluding hydrogens is 240 g/mol. The highest BCUT2D eigenvalue weighted by Gasteiger charge is 2.07. The minimum atomic E-state index is 0.701. The first-order chi connectivity index (χ1) is 8.88. The zero-order valence-electron chi connectivity index (χ0n) is 10.2. The van der Waals surface area contributed by atoms with Gasteiger partial charge in [-0.05, 0) is 47.0 Å². The van der Waals surface area contributed by atoms with Gasteiger partial charge in [0.25, 0.3) is 0 Å². The van der Waals surface area contributed by atoms with Gasteiger partial charge in [-0.3, -0.25) is 0 Å². The standard InChI is InChI=1S/C15H16N2S/c16-7-5-13-10-17(9-12-6-8-18-11-12)15-4-2-1-3-14(13)15/h1-4,6,8,10-11H,5,7,9,16H2. The third kappa shape index (κ3) is 2.07. The second-order valence-electron chi connectivity index (χ2n) is 4.47. The minimum Gasteiger partial charge on any atom is -0.343 e. The number of hydrogen-bond acceptors (Lipinski definition) is 2. The summed E-state index contributed by atoms with van der Waals surface area (Å²) in [5.41, 5.74) is 9.70. The molecule has 0 atom stereocenters. The van der Waals surface area contributed by atoms with Gasteiger partial charge in [-0.1, -0.05) is 18.2 Å². The molecule has 3 heteroatoms. The van der Waals surface area contributed by atoms with E-state index < -0.39 is 0 Å². The highest BCUT2D eigenvalue weighted by Crippen LogP contribution is 2.23. The van der Waals surface area contributed by atoms with E-state index in [0.717, 1.165) is 13.0 Å². The van der Waals surface area contributed by atoms with E-state index in [4.69, 9.17) is 5.73 Å². The monoisotopic (exact) mass is 256 g/mol. The summed E-state index contributed by atoms with van der Waals surface area (Å²) >= 11 is 1.75. The first-order valence-electron chi connectivity index (χ1n) is 6.16. The predicted molar refractivity (Wildman–Crippen MR) is 78.1 cm³/mol. The van der Waals surface area contributed by atoms with Crippen LogP contribution in [0.25, 0.3) is 10.9 Å². The lowest BCUT2D eigenvalue weighted by molar-refractivity contribution is 0.830. The highest BCUT2D eigenvalue weighted by molar-refractivity contribution is 7.07. The van der Waals surface area contributed by atoms with Gasteiger partial charge in [0, 0.05) is 23.6 Å². The molecule has 2 N–H and O–H groups in total. The van der Waals surface area contributed by atoms with Crippen LogP contribution in [-0.2, 0) is 13.0 Å². The van der Waals surface area contributed by atoms with Crippen LogP contribution in [0.1, 0.15) is 11.1 Å². The lowest BCUT2D eigenvalue weighted by atomic mass is 10.1. The Morgan fingerprint density at radius 2 is 2.06 bits per heavy atom. The molecule has 0 spiro atoms. The highest BCUT2D eigenvalue weighted by atomic mass is 32.1. The zero-order chi connectivity index (χ0) is 12.4. The van der Waals surface area contributed by atoms with Gasteiger partial charge in [0.1, 0.15) is 0 Å². The van der Waals surface area contributed by atoms with Crippen molar-refractivity contribution in [2.75, 3.05) is 6.54 Å². The number of thiophene rings is 1. The number of aromatic nitrogens is 1. The Kier molecular flexibility index (Phi) is 3.17. The van der Waals surface area contributed by atoms with E-state index in [9.17, 15) is 0 Å². The Morgan fingerprint density at radius 3 is 2.83 bits per heavy atom. The third-order valence-electron chi connectivity index (χ3n) is 3.22. The van der Waals surface area contributed by atoms with E-state index >= 15 is 0 Å². The maximum atomic E-state index is 5.69. The summed E-state index contributed by atoms with van der Waals surface area (Å²) < 4.78 is 2.32. The Labute approximate surface area is 111 Å². The summed E-state index contributed by atoms with van der Waals surface area (Å²) in [4.78, 5) is 0. The second kappa shape index (κ2) is 4.96. The van der Waals surface area contributed by atoms with Crippen molar-refractivity contribution in [2.45, 2.75) is 13.0 Å². The fourth-order valence-corrected chi connectivity index (χ4v) is 3.05. The Morgan fingerprint density at radius 1 is 1.17 bits per heavy atom. The van der Waals surface area contributed by atoms with Crippen LogP contribution in [0.3, 0.4) is 0 Å². The first-order valence-corrected chi connectivity index (χ1v) is 7.10. The Hall–Kier alpha value is -1.58. The van der Waals surface area contributed by atoms with E-state index in [1.165, 1.54) is 22.0 Å². The van der Waals surface area contributed by atoms with Crippen LogP contribution in [0.2, 0.25) is 0 Å². The number of rotatable bonds is 4. The fourth-order valence-electron chi connectivity index (χ4n) is 2.39. The van der Waals surface area contributed by atoms with Crippen molar-refractivity contribution in [3.05, 3.63) is 58.4 Å². The number of fused-ring (bicyclic) bond motifs is 1. The number of para-hydroxylation sites is 1. The van der Waals surface area contributed by atoms with Crippen molar-refractivity contribution in [3.8, 4) is 0 Å². The maximum absolute atomic E-state index is 5.69. The van der Waals surface area contributed by atoms with Gasteiger partial charge in [0.05, 0.1) is 0 Å². The molecule has 0 aliphatic carbocycles. The predicted octanol–water partition coefficient (Wildman–Crippen LogP) is 3.25. The fraction of sp³-hybridized carbons (Fsp3) is 0.200. The molecule has 92 valence electrons. The lowest BCUT2D eigenvalue weighted by Crippen LogP contribution is -2.02. The number of benzene rings is 1. The number of nitrogens with zero attached hydrogens (tertiary/aromatic N) is 1. The van der Waals surface area contributed by atoms with Crippen molar-refractivity contribution in [1.29, 1.82) is 0 Å². The van der Waals surface area contributed by atoms with Crippen LogP contribution < -0.4 is 5.73 Å². The average molecular weight is 256 g/mol.